The second-order valence-corrected chi connectivity index (χ2v) is 11.3. The third-order valence-electron chi connectivity index (χ3n) is 7.40. The Hall–Kier alpha value is -3.33. The van der Waals surface area contributed by atoms with Gasteiger partial charge in [0.1, 0.15) is 16.9 Å². The second kappa shape index (κ2) is 8.09. The summed E-state index contributed by atoms with van der Waals surface area (Å²) in [5.74, 6) is 0.836. The molecular formula is C26H30ClN7O2. The number of amides is 1. The van der Waals surface area contributed by atoms with Crippen molar-refractivity contribution in [3.05, 3.63) is 35.7 Å². The Kier molecular flexibility index (Phi) is 5.19. The first-order valence-corrected chi connectivity index (χ1v) is 12.7. The molecule has 0 atom stereocenters. The zero-order valence-electron chi connectivity index (χ0n) is 21.0. The Morgan fingerprint density at radius 3 is 2.58 bits per heavy atom. The van der Waals surface area contributed by atoms with Crippen LogP contribution in [0, 0.1) is 0 Å². The summed E-state index contributed by atoms with van der Waals surface area (Å²) in [6, 6.07) is 3.96. The van der Waals surface area contributed by atoms with E-state index in [1.165, 1.54) is 0 Å². The third-order valence-corrected chi connectivity index (χ3v) is 7.81. The van der Waals surface area contributed by atoms with E-state index in [1.54, 1.807) is 4.68 Å². The first-order chi connectivity index (χ1) is 17.1. The van der Waals surface area contributed by atoms with Gasteiger partial charge in [-0.25, -0.2) is 14.8 Å². The number of halogens is 1. The van der Waals surface area contributed by atoms with Gasteiger partial charge < -0.3 is 19.5 Å². The van der Waals surface area contributed by atoms with Gasteiger partial charge >= 0.3 is 6.09 Å². The number of benzene rings is 1. The number of hydrogen-bond donors (Lipinski definition) is 1. The lowest BCUT2D eigenvalue weighted by molar-refractivity contribution is -0.0541. The van der Waals surface area contributed by atoms with E-state index < -0.39 is 5.60 Å². The van der Waals surface area contributed by atoms with Gasteiger partial charge in [0.25, 0.3) is 0 Å². The molecule has 1 aromatic carbocycles. The smallest absolute Gasteiger partial charge is 0.410 e. The van der Waals surface area contributed by atoms with Crippen LogP contribution in [0.3, 0.4) is 0 Å². The van der Waals surface area contributed by atoms with Gasteiger partial charge in [-0.2, -0.15) is 5.10 Å². The number of ether oxygens (including phenoxy) is 1. The first kappa shape index (κ1) is 23.1. The number of anilines is 1. The SMILES string of the molecule is Cn1cc2c(Cl)c(-c3c[nH]c4nc(N5CCC6(CC5)CCN6C(=O)OC(C)(C)C)cnc34)ccc2n1. The average molecular weight is 508 g/mol. The number of nitrogens with zero attached hydrogens (tertiary/aromatic N) is 6. The van der Waals surface area contributed by atoms with Gasteiger partial charge in [-0.3, -0.25) is 4.68 Å². The van der Waals surface area contributed by atoms with E-state index in [-0.39, 0.29) is 11.6 Å². The lowest BCUT2D eigenvalue weighted by atomic mass is 9.76. The van der Waals surface area contributed by atoms with Crippen molar-refractivity contribution in [2.75, 3.05) is 24.5 Å². The highest BCUT2D eigenvalue weighted by atomic mass is 35.5. The number of aromatic amines is 1. The van der Waals surface area contributed by atoms with Gasteiger partial charge in [0.2, 0.25) is 0 Å². The molecule has 1 amide bonds. The van der Waals surface area contributed by atoms with Crippen LogP contribution in [-0.4, -0.2) is 66.5 Å². The van der Waals surface area contributed by atoms with Crippen LogP contribution in [-0.2, 0) is 11.8 Å². The molecule has 0 saturated carbocycles. The van der Waals surface area contributed by atoms with E-state index in [4.69, 9.17) is 26.3 Å². The van der Waals surface area contributed by atoms with Gasteiger partial charge in [0, 0.05) is 55.6 Å². The molecule has 1 spiro atoms. The number of rotatable bonds is 2. The monoisotopic (exact) mass is 507 g/mol. The van der Waals surface area contributed by atoms with Gasteiger partial charge in [0.05, 0.1) is 22.3 Å². The van der Waals surface area contributed by atoms with Crippen LogP contribution < -0.4 is 4.90 Å². The van der Waals surface area contributed by atoms with Gasteiger partial charge in [-0.15, -0.1) is 0 Å². The standard InChI is InChI=1S/C26H30ClN7O2/c1-25(2,3)36-24(35)34-12-9-26(34)7-10-33(11-8-26)20-14-28-22-17(13-29-23(22)30-20)16-5-6-19-18(21(16)27)15-32(4)31-19/h5-6,13-15H,7-12H2,1-4H3,(H,29,30). The molecule has 4 aromatic rings. The summed E-state index contributed by atoms with van der Waals surface area (Å²) in [6.45, 7) is 8.12. The quantitative estimate of drug-likeness (QED) is 0.403. The number of piperidine rings is 1. The summed E-state index contributed by atoms with van der Waals surface area (Å²) < 4.78 is 7.40. The number of fused-ring (bicyclic) bond motifs is 2. The Bertz CT molecular complexity index is 1480. The lowest BCUT2D eigenvalue weighted by Crippen LogP contribution is -2.66. The highest BCUT2D eigenvalue weighted by Gasteiger charge is 2.50. The van der Waals surface area contributed by atoms with Crippen molar-refractivity contribution in [1.82, 2.24) is 29.6 Å². The fourth-order valence-corrected chi connectivity index (χ4v) is 5.75. The molecule has 0 bridgehead atoms. The normalized spacial score (nSPS) is 17.7. The van der Waals surface area contributed by atoms with E-state index in [0.29, 0.717) is 5.02 Å². The maximum absolute atomic E-state index is 12.7. The number of aromatic nitrogens is 5. The maximum atomic E-state index is 12.7. The largest absolute Gasteiger partial charge is 0.444 e. The molecule has 2 aliphatic heterocycles. The second-order valence-electron chi connectivity index (χ2n) is 10.9. The fourth-order valence-electron chi connectivity index (χ4n) is 5.44. The molecule has 5 heterocycles. The molecule has 0 unspecified atom stereocenters. The van der Waals surface area contributed by atoms with E-state index >= 15 is 0 Å². The molecule has 0 aliphatic carbocycles. The zero-order chi connectivity index (χ0) is 25.2. The highest BCUT2D eigenvalue weighted by molar-refractivity contribution is 6.38. The minimum Gasteiger partial charge on any atom is -0.444 e. The molecule has 2 aliphatic rings. The van der Waals surface area contributed by atoms with Gasteiger partial charge in [-0.1, -0.05) is 17.7 Å². The van der Waals surface area contributed by atoms with Crippen LogP contribution in [0.5, 0.6) is 0 Å². The number of carbonyl (C=O) groups is 1. The fraction of sp³-hybridized carbons (Fsp3) is 0.462. The van der Waals surface area contributed by atoms with Crippen molar-refractivity contribution >= 4 is 45.6 Å². The molecule has 2 fully saturated rings. The van der Waals surface area contributed by atoms with Crippen molar-refractivity contribution in [2.24, 2.45) is 7.05 Å². The predicted octanol–water partition coefficient (Wildman–Crippen LogP) is 5.14. The Labute approximate surface area is 214 Å². The van der Waals surface area contributed by atoms with Crippen molar-refractivity contribution < 1.29 is 9.53 Å². The number of likely N-dealkylation sites (tertiary alicyclic amines) is 1. The van der Waals surface area contributed by atoms with Crippen LogP contribution >= 0.6 is 11.6 Å². The molecule has 36 heavy (non-hydrogen) atoms. The Morgan fingerprint density at radius 1 is 1.14 bits per heavy atom. The molecule has 10 heteroatoms. The van der Waals surface area contributed by atoms with Crippen molar-refractivity contribution in [3.8, 4) is 11.1 Å². The molecule has 2 saturated heterocycles. The molecule has 3 aromatic heterocycles. The van der Waals surface area contributed by atoms with E-state index in [1.807, 2.05) is 63.4 Å². The van der Waals surface area contributed by atoms with Crippen LogP contribution in [0.1, 0.15) is 40.0 Å². The summed E-state index contributed by atoms with van der Waals surface area (Å²) in [6.07, 6.45) is 8.27. The minimum absolute atomic E-state index is 0.0995. The molecule has 188 valence electrons. The minimum atomic E-state index is -0.484. The maximum Gasteiger partial charge on any atom is 0.410 e. The summed E-state index contributed by atoms with van der Waals surface area (Å²) in [4.78, 5) is 29.8. The van der Waals surface area contributed by atoms with E-state index in [9.17, 15) is 4.79 Å². The van der Waals surface area contributed by atoms with Gasteiger partial charge in [0.15, 0.2) is 5.65 Å². The zero-order valence-corrected chi connectivity index (χ0v) is 21.8. The number of aryl methyl sites for hydroxylation is 1. The highest BCUT2D eigenvalue weighted by Crippen LogP contribution is 2.42. The topological polar surface area (TPSA) is 92.2 Å². The summed E-state index contributed by atoms with van der Waals surface area (Å²) in [5, 5.41) is 6.00. The van der Waals surface area contributed by atoms with Crippen molar-refractivity contribution in [2.45, 2.75) is 51.2 Å². The van der Waals surface area contributed by atoms with E-state index in [0.717, 1.165) is 77.9 Å². The summed E-state index contributed by atoms with van der Waals surface area (Å²) in [7, 11) is 1.89. The average Bonchev–Trinajstić information content (AvgIpc) is 3.40. The number of H-pyrrole nitrogens is 1. The lowest BCUT2D eigenvalue weighted by Gasteiger charge is -2.56. The third kappa shape index (κ3) is 3.77. The van der Waals surface area contributed by atoms with Crippen LogP contribution in [0.2, 0.25) is 5.02 Å². The summed E-state index contributed by atoms with van der Waals surface area (Å²) in [5.41, 5.74) is 3.60. The molecule has 1 N–H and O–H groups in total. The first-order valence-electron chi connectivity index (χ1n) is 12.4. The van der Waals surface area contributed by atoms with Gasteiger partial charge in [-0.05, 0) is 46.1 Å². The summed E-state index contributed by atoms with van der Waals surface area (Å²) >= 11 is 6.75. The molecule has 0 radical (unpaired) electrons. The van der Waals surface area contributed by atoms with Crippen molar-refractivity contribution in [3.63, 3.8) is 0 Å². The van der Waals surface area contributed by atoms with Crippen LogP contribution in [0.25, 0.3) is 33.2 Å². The van der Waals surface area contributed by atoms with Crippen LogP contribution in [0.15, 0.2) is 30.7 Å². The molecule has 6 rings (SSSR count). The number of hydrogen-bond acceptors (Lipinski definition) is 6. The van der Waals surface area contributed by atoms with Crippen LogP contribution in [0.4, 0.5) is 10.6 Å². The predicted molar refractivity (Wildman–Crippen MR) is 140 cm³/mol. The molecular weight excluding hydrogens is 478 g/mol. The van der Waals surface area contributed by atoms with Crippen molar-refractivity contribution in [1.29, 1.82) is 0 Å². The van der Waals surface area contributed by atoms with E-state index in [2.05, 4.69) is 15.0 Å². The Morgan fingerprint density at radius 2 is 1.89 bits per heavy atom. The number of nitrogens with one attached hydrogen (secondary N) is 1. The Balaban J connectivity index is 1.21. The molecule has 9 nitrogen and oxygen atoms in total. The number of carbonyl (C=O) groups excluding carboxylic acids is 1.